The van der Waals surface area contributed by atoms with E-state index in [1.54, 1.807) is 18.2 Å². The molecule has 0 bridgehead atoms. The van der Waals surface area contributed by atoms with Crippen molar-refractivity contribution in [2.45, 2.75) is 6.92 Å². The normalized spacial score (nSPS) is 12.2. The van der Waals surface area contributed by atoms with Gasteiger partial charge in [-0.25, -0.2) is 4.39 Å². The van der Waals surface area contributed by atoms with Crippen LogP contribution >= 0.6 is 11.3 Å². The highest BCUT2D eigenvalue weighted by molar-refractivity contribution is 7.15. The lowest BCUT2D eigenvalue weighted by Crippen LogP contribution is -2.23. The van der Waals surface area contributed by atoms with Crippen molar-refractivity contribution < 1.29 is 4.39 Å². The van der Waals surface area contributed by atoms with Gasteiger partial charge in [-0.2, -0.15) is 9.50 Å². The summed E-state index contributed by atoms with van der Waals surface area (Å²) in [5, 5.41) is 4.32. The van der Waals surface area contributed by atoms with Crippen LogP contribution in [0.4, 0.5) is 4.39 Å². The van der Waals surface area contributed by atoms with Crippen LogP contribution in [0.1, 0.15) is 11.1 Å². The van der Waals surface area contributed by atoms with Crippen LogP contribution in [0.2, 0.25) is 0 Å². The van der Waals surface area contributed by atoms with E-state index in [0.717, 1.165) is 11.1 Å². The maximum atomic E-state index is 13.8. The van der Waals surface area contributed by atoms with Crippen molar-refractivity contribution in [3.8, 4) is 11.4 Å². The largest absolute Gasteiger partial charge is 0.291 e. The van der Waals surface area contributed by atoms with Crippen molar-refractivity contribution in [3.63, 3.8) is 0 Å². The Labute approximate surface area is 140 Å². The molecule has 2 aromatic carbocycles. The summed E-state index contributed by atoms with van der Waals surface area (Å²) >= 11 is 1.20. The minimum absolute atomic E-state index is 0.286. The van der Waals surface area contributed by atoms with Gasteiger partial charge >= 0.3 is 0 Å². The summed E-state index contributed by atoms with van der Waals surface area (Å²) in [6.45, 7) is 1.97. The minimum atomic E-state index is -0.364. The van der Waals surface area contributed by atoms with Crippen LogP contribution in [-0.4, -0.2) is 14.6 Å². The third kappa shape index (κ3) is 2.41. The molecule has 4 nitrogen and oxygen atoms in total. The predicted octanol–water partition coefficient (Wildman–Crippen LogP) is 2.81. The molecule has 0 N–H and O–H groups in total. The summed E-state index contributed by atoms with van der Waals surface area (Å²) in [4.78, 5) is 17.4. The first-order valence-electron chi connectivity index (χ1n) is 7.35. The van der Waals surface area contributed by atoms with E-state index in [9.17, 15) is 9.18 Å². The first kappa shape index (κ1) is 14.7. The molecular weight excluding hydrogens is 325 g/mol. The van der Waals surface area contributed by atoms with Crippen molar-refractivity contribution in [2.75, 3.05) is 0 Å². The van der Waals surface area contributed by atoms with Crippen molar-refractivity contribution in [3.05, 3.63) is 80.4 Å². The highest BCUT2D eigenvalue weighted by Crippen LogP contribution is 2.20. The summed E-state index contributed by atoms with van der Waals surface area (Å²) < 4.78 is 15.4. The average Bonchev–Trinajstić information content (AvgIpc) is 3.10. The number of aryl methyl sites for hydroxylation is 1. The molecule has 0 fully saturated rings. The van der Waals surface area contributed by atoms with Crippen molar-refractivity contribution in [1.82, 2.24) is 14.6 Å². The summed E-state index contributed by atoms with van der Waals surface area (Å²) in [5.74, 6) is 0.158. The highest BCUT2D eigenvalue weighted by Gasteiger charge is 2.13. The van der Waals surface area contributed by atoms with E-state index in [2.05, 4.69) is 10.1 Å². The Bertz CT molecular complexity index is 1160. The van der Waals surface area contributed by atoms with Gasteiger partial charge in [-0.3, -0.25) is 4.79 Å². The van der Waals surface area contributed by atoms with Gasteiger partial charge in [-0.05, 0) is 24.6 Å². The Balaban J connectivity index is 1.87. The smallest absolute Gasteiger partial charge is 0.266 e. The van der Waals surface area contributed by atoms with Gasteiger partial charge in [0.25, 0.3) is 5.56 Å². The molecule has 0 aliphatic rings. The summed E-state index contributed by atoms with van der Waals surface area (Å²) in [6, 6.07) is 14.1. The van der Waals surface area contributed by atoms with Crippen LogP contribution in [0, 0.1) is 12.7 Å². The van der Waals surface area contributed by atoms with Gasteiger partial charge in [0.1, 0.15) is 5.82 Å². The van der Waals surface area contributed by atoms with Crippen LogP contribution in [0.15, 0.2) is 53.3 Å². The number of rotatable bonds is 2. The third-order valence-electron chi connectivity index (χ3n) is 3.76. The molecule has 0 spiro atoms. The lowest BCUT2D eigenvalue weighted by molar-refractivity contribution is 0.625. The van der Waals surface area contributed by atoms with Crippen LogP contribution in [0.5, 0.6) is 0 Å². The summed E-state index contributed by atoms with van der Waals surface area (Å²) in [5.41, 5.74) is 2.03. The molecule has 0 atom stereocenters. The van der Waals surface area contributed by atoms with Crippen LogP contribution in [0.3, 0.4) is 0 Å². The van der Waals surface area contributed by atoms with Gasteiger partial charge in [0.15, 0.2) is 5.82 Å². The molecule has 4 aromatic rings. The lowest BCUT2D eigenvalue weighted by atomic mass is 10.1. The van der Waals surface area contributed by atoms with Gasteiger partial charge in [0.2, 0.25) is 4.96 Å². The number of hydrogen-bond donors (Lipinski definition) is 0. The molecule has 24 heavy (non-hydrogen) atoms. The van der Waals surface area contributed by atoms with Gasteiger partial charge < -0.3 is 0 Å². The van der Waals surface area contributed by atoms with E-state index in [0.29, 0.717) is 20.9 Å². The Hall–Kier alpha value is -2.86. The Morgan fingerprint density at radius 1 is 1.12 bits per heavy atom. The second-order valence-electron chi connectivity index (χ2n) is 5.38. The molecule has 118 valence electrons. The minimum Gasteiger partial charge on any atom is -0.266 e. The van der Waals surface area contributed by atoms with E-state index in [1.807, 2.05) is 31.2 Å². The monoisotopic (exact) mass is 337 g/mol. The molecule has 4 rings (SSSR count). The molecule has 0 aliphatic heterocycles. The number of nitrogens with zero attached hydrogens (tertiary/aromatic N) is 3. The number of halogens is 1. The molecule has 0 saturated carbocycles. The van der Waals surface area contributed by atoms with Gasteiger partial charge in [-0.15, -0.1) is 5.10 Å². The van der Waals surface area contributed by atoms with Gasteiger partial charge in [-0.1, -0.05) is 53.8 Å². The fourth-order valence-corrected chi connectivity index (χ4v) is 3.40. The van der Waals surface area contributed by atoms with Crippen molar-refractivity contribution in [2.24, 2.45) is 0 Å². The Morgan fingerprint density at radius 3 is 2.62 bits per heavy atom. The van der Waals surface area contributed by atoms with E-state index >= 15 is 0 Å². The third-order valence-corrected chi connectivity index (χ3v) is 4.72. The van der Waals surface area contributed by atoms with E-state index in [-0.39, 0.29) is 11.4 Å². The molecule has 0 amide bonds. The quantitative estimate of drug-likeness (QED) is 0.565. The molecule has 6 heteroatoms. The molecule has 0 saturated heterocycles. The topological polar surface area (TPSA) is 47.3 Å². The lowest BCUT2D eigenvalue weighted by Gasteiger charge is -1.98. The molecule has 0 radical (unpaired) electrons. The second-order valence-corrected chi connectivity index (χ2v) is 6.39. The number of hydrogen-bond acceptors (Lipinski definition) is 4. The van der Waals surface area contributed by atoms with E-state index in [1.165, 1.54) is 28.0 Å². The molecule has 0 aliphatic carbocycles. The fourth-order valence-electron chi connectivity index (χ4n) is 2.50. The zero-order chi connectivity index (χ0) is 16.7. The Kier molecular flexibility index (Phi) is 3.46. The summed E-state index contributed by atoms with van der Waals surface area (Å²) in [7, 11) is 0. The fraction of sp³-hybridized carbons (Fsp3) is 0.0556. The first-order valence-corrected chi connectivity index (χ1v) is 8.17. The predicted molar refractivity (Wildman–Crippen MR) is 92.5 cm³/mol. The SMILES string of the molecule is Cc1ccccc1-c1nc2s/c(=C\c3ccccc3F)c(=O)n2n1. The van der Waals surface area contributed by atoms with Gasteiger partial charge in [0, 0.05) is 11.1 Å². The van der Waals surface area contributed by atoms with E-state index in [4.69, 9.17) is 0 Å². The van der Waals surface area contributed by atoms with Gasteiger partial charge in [0.05, 0.1) is 4.53 Å². The Morgan fingerprint density at radius 2 is 1.88 bits per heavy atom. The van der Waals surface area contributed by atoms with Crippen LogP contribution < -0.4 is 10.1 Å². The number of benzene rings is 2. The maximum Gasteiger partial charge on any atom is 0.291 e. The average molecular weight is 337 g/mol. The van der Waals surface area contributed by atoms with Crippen LogP contribution in [0.25, 0.3) is 22.4 Å². The molecule has 2 heterocycles. The number of fused-ring (bicyclic) bond motifs is 1. The van der Waals surface area contributed by atoms with Crippen LogP contribution in [-0.2, 0) is 0 Å². The highest BCUT2D eigenvalue weighted by atomic mass is 32.1. The van der Waals surface area contributed by atoms with Crippen molar-refractivity contribution >= 4 is 22.4 Å². The second kappa shape index (κ2) is 5.65. The summed E-state index contributed by atoms with van der Waals surface area (Å²) in [6.07, 6.45) is 1.53. The number of thiazole rings is 1. The number of aromatic nitrogens is 3. The molecule has 0 unspecified atom stereocenters. The van der Waals surface area contributed by atoms with Crippen molar-refractivity contribution in [1.29, 1.82) is 0 Å². The molecule has 2 aromatic heterocycles. The molecular formula is C18H12FN3OS. The standard InChI is InChI=1S/C18H12FN3OS/c1-11-6-2-4-8-13(11)16-20-18-22(21-16)17(23)15(24-18)10-12-7-3-5-9-14(12)19/h2-10H,1H3/b15-10-. The first-order chi connectivity index (χ1) is 11.6. The zero-order valence-electron chi connectivity index (χ0n) is 12.7. The maximum absolute atomic E-state index is 13.8. The van der Waals surface area contributed by atoms with E-state index < -0.39 is 0 Å². The zero-order valence-corrected chi connectivity index (χ0v) is 13.5.